The van der Waals surface area contributed by atoms with Gasteiger partial charge in [-0.1, -0.05) is 39.8 Å². The summed E-state index contributed by atoms with van der Waals surface area (Å²) in [5.41, 5.74) is 8.50. The first-order chi connectivity index (χ1) is 15.5. The van der Waals surface area contributed by atoms with Crippen molar-refractivity contribution in [3.63, 3.8) is 0 Å². The van der Waals surface area contributed by atoms with Gasteiger partial charge in [-0.05, 0) is 35.0 Å². The third-order valence-electron chi connectivity index (χ3n) is 4.41. The molecule has 9 nitrogen and oxygen atoms in total. The fraction of sp³-hybridized carbons (Fsp3) is 0.304. The first-order valence-corrected chi connectivity index (χ1v) is 11.2. The van der Waals surface area contributed by atoms with Crippen LogP contribution in [-0.4, -0.2) is 21.0 Å². The summed E-state index contributed by atoms with van der Waals surface area (Å²) in [6.45, 7) is 11.8. The van der Waals surface area contributed by atoms with Crippen LogP contribution in [0.2, 0.25) is 0 Å². The van der Waals surface area contributed by atoms with Crippen molar-refractivity contribution in [2.75, 3.05) is 10.3 Å². The van der Waals surface area contributed by atoms with Gasteiger partial charge in [-0.2, -0.15) is 0 Å². The van der Waals surface area contributed by atoms with E-state index < -0.39 is 0 Å². The Labute approximate surface area is 202 Å². The summed E-state index contributed by atoms with van der Waals surface area (Å²) in [5.74, 6) is 6.80. The monoisotopic (exact) mass is 515 g/mol. The molecule has 0 fully saturated rings. The Hall–Kier alpha value is -3.24. The highest BCUT2D eigenvalue weighted by Crippen LogP contribution is 2.25. The molecule has 0 saturated carbocycles. The summed E-state index contributed by atoms with van der Waals surface area (Å²) in [6, 6.07) is 5.15. The first kappa shape index (κ1) is 26.0. The fourth-order valence-corrected chi connectivity index (χ4v) is 3.01. The van der Waals surface area contributed by atoms with Crippen molar-refractivity contribution in [3.05, 3.63) is 70.0 Å². The van der Waals surface area contributed by atoms with E-state index in [4.69, 9.17) is 16.1 Å². The molecule has 3 heterocycles. The van der Waals surface area contributed by atoms with Crippen LogP contribution >= 0.6 is 15.9 Å². The van der Waals surface area contributed by atoms with E-state index in [0.717, 1.165) is 4.47 Å². The molecule has 0 saturated heterocycles. The predicted molar refractivity (Wildman–Crippen MR) is 134 cm³/mol. The number of nitrogens with two attached hydrogens (primary N) is 2. The van der Waals surface area contributed by atoms with E-state index in [2.05, 4.69) is 36.4 Å². The van der Waals surface area contributed by atoms with Gasteiger partial charge in [-0.25, -0.2) is 5.84 Å². The van der Waals surface area contributed by atoms with Crippen LogP contribution in [0.5, 0.6) is 0 Å². The molecular formula is C23H30BrN7O2. The minimum absolute atomic E-state index is 0.218. The molecule has 3 aromatic rings. The predicted octanol–water partition coefficient (Wildman–Crippen LogP) is 4.75. The molecule has 0 atom stereocenters. The molecule has 0 aliphatic carbocycles. The van der Waals surface area contributed by atoms with Crippen molar-refractivity contribution in [1.82, 2.24) is 15.1 Å². The molecule has 0 radical (unpaired) electrons. The van der Waals surface area contributed by atoms with E-state index in [1.807, 2.05) is 40.7 Å². The Morgan fingerprint density at radius 2 is 1.85 bits per heavy atom. The van der Waals surface area contributed by atoms with Crippen molar-refractivity contribution < 1.29 is 9.32 Å². The second-order valence-electron chi connectivity index (χ2n) is 7.99. The maximum absolute atomic E-state index is 12.7. The van der Waals surface area contributed by atoms with Crippen molar-refractivity contribution in [1.29, 1.82) is 0 Å². The third kappa shape index (κ3) is 6.87. The normalized spacial score (nSPS) is 11.5. The highest BCUT2D eigenvalue weighted by atomic mass is 79.9. The van der Waals surface area contributed by atoms with Gasteiger partial charge in [0, 0.05) is 46.3 Å². The summed E-state index contributed by atoms with van der Waals surface area (Å²) in [5, 5.41) is 7.94. The number of hydrogen-bond donors (Lipinski definition) is 3. The molecule has 1 amide bonds. The number of carbonyl (C=O) groups is 1. The van der Waals surface area contributed by atoms with Crippen LogP contribution < -0.4 is 21.9 Å². The third-order valence-corrected chi connectivity index (χ3v) is 4.84. The van der Waals surface area contributed by atoms with E-state index in [9.17, 15) is 4.79 Å². The number of hydrogen-bond acceptors (Lipinski definition) is 8. The minimum atomic E-state index is -0.385. The Bertz CT molecular complexity index is 1140. The molecule has 0 unspecified atom stereocenters. The smallest absolute Gasteiger partial charge is 0.258 e. The van der Waals surface area contributed by atoms with Crippen LogP contribution in [0.4, 0.5) is 11.5 Å². The number of aromatic nitrogens is 3. The lowest BCUT2D eigenvalue weighted by Crippen LogP contribution is -2.27. The van der Waals surface area contributed by atoms with E-state index in [-0.39, 0.29) is 11.3 Å². The quantitative estimate of drug-likeness (QED) is 0.327. The molecule has 10 heteroatoms. The number of pyridine rings is 2. The lowest BCUT2D eigenvalue weighted by Gasteiger charge is -2.18. The maximum atomic E-state index is 12.7. The Morgan fingerprint density at radius 1 is 1.15 bits per heavy atom. The van der Waals surface area contributed by atoms with Crippen molar-refractivity contribution in [2.45, 2.75) is 47.0 Å². The van der Waals surface area contributed by atoms with Gasteiger partial charge in [0.15, 0.2) is 5.82 Å². The second-order valence-corrected chi connectivity index (χ2v) is 8.91. The number of amides is 1. The number of anilines is 2. The summed E-state index contributed by atoms with van der Waals surface area (Å²) in [6.07, 6.45) is 6.30. The molecular weight excluding hydrogens is 486 g/mol. The number of aryl methyl sites for hydroxylation is 1. The average Bonchev–Trinajstić information content (AvgIpc) is 3.24. The van der Waals surface area contributed by atoms with Gasteiger partial charge in [-0.15, -0.1) is 0 Å². The van der Waals surface area contributed by atoms with Crippen LogP contribution in [0.15, 0.2) is 52.0 Å². The SMILES string of the molecule is CC.Cc1ncc(C(=O)Nc2cc(C(C)(C)C)on2)cc1N(N)/C=C(\N)c1cncc(Br)c1. The number of halogens is 1. The lowest BCUT2D eigenvalue weighted by molar-refractivity contribution is 0.102. The van der Waals surface area contributed by atoms with Crippen molar-refractivity contribution in [3.8, 4) is 0 Å². The zero-order chi connectivity index (χ0) is 24.8. The molecule has 0 aliphatic heterocycles. The van der Waals surface area contributed by atoms with Gasteiger partial charge < -0.3 is 15.6 Å². The van der Waals surface area contributed by atoms with Crippen LogP contribution in [0.3, 0.4) is 0 Å². The highest BCUT2D eigenvalue weighted by Gasteiger charge is 2.21. The first-order valence-electron chi connectivity index (χ1n) is 10.4. The molecule has 0 spiro atoms. The summed E-state index contributed by atoms with van der Waals surface area (Å²) < 4.78 is 6.10. The number of rotatable bonds is 5. The molecule has 33 heavy (non-hydrogen) atoms. The van der Waals surface area contributed by atoms with E-state index in [1.54, 1.807) is 37.7 Å². The fourth-order valence-electron chi connectivity index (χ4n) is 2.65. The average molecular weight is 516 g/mol. The maximum Gasteiger partial charge on any atom is 0.258 e. The molecule has 3 aromatic heterocycles. The number of carbonyl (C=O) groups excluding carboxylic acids is 1. The summed E-state index contributed by atoms with van der Waals surface area (Å²) >= 11 is 3.36. The molecule has 3 rings (SSSR count). The Balaban J connectivity index is 0.00000187. The zero-order valence-electron chi connectivity index (χ0n) is 19.7. The summed E-state index contributed by atoms with van der Waals surface area (Å²) in [7, 11) is 0. The molecule has 0 aromatic carbocycles. The van der Waals surface area contributed by atoms with Crippen LogP contribution in [0, 0.1) is 6.92 Å². The topological polar surface area (TPSA) is 136 Å². The Kier molecular flexibility index (Phi) is 8.72. The Morgan fingerprint density at radius 3 is 2.45 bits per heavy atom. The largest absolute Gasteiger partial charge is 0.397 e. The molecule has 0 aliphatic rings. The van der Waals surface area contributed by atoms with Crippen molar-refractivity contribution >= 4 is 39.0 Å². The van der Waals surface area contributed by atoms with Gasteiger partial charge in [0.05, 0.1) is 22.6 Å². The van der Waals surface area contributed by atoms with Crippen LogP contribution in [-0.2, 0) is 5.41 Å². The van der Waals surface area contributed by atoms with Crippen LogP contribution in [0.25, 0.3) is 5.70 Å². The molecule has 5 N–H and O–H groups in total. The number of nitrogens with one attached hydrogen (secondary N) is 1. The summed E-state index contributed by atoms with van der Waals surface area (Å²) in [4.78, 5) is 21.1. The van der Waals surface area contributed by atoms with E-state index in [1.165, 1.54) is 11.2 Å². The minimum Gasteiger partial charge on any atom is -0.397 e. The highest BCUT2D eigenvalue weighted by molar-refractivity contribution is 9.10. The van der Waals surface area contributed by atoms with E-state index in [0.29, 0.717) is 39.8 Å². The van der Waals surface area contributed by atoms with Gasteiger partial charge in [0.25, 0.3) is 5.91 Å². The van der Waals surface area contributed by atoms with Crippen molar-refractivity contribution in [2.24, 2.45) is 11.6 Å². The van der Waals surface area contributed by atoms with E-state index >= 15 is 0 Å². The van der Waals surface area contributed by atoms with Gasteiger partial charge in [0.2, 0.25) is 0 Å². The van der Waals surface area contributed by atoms with Gasteiger partial charge in [0.1, 0.15) is 5.76 Å². The standard InChI is InChI=1S/C21H24BrN7O2.C2H6/c1-12-17(29(24)11-16(23)13-5-15(22)10-25-8-13)6-14(9-26-12)20(30)27-19-7-18(31-28-19)21(2,3)4;1-2/h5-11H,23-24H2,1-4H3,(H,27,28,30);1-2H3/b16-11-;. The second kappa shape index (κ2) is 11.1. The van der Waals surface area contributed by atoms with Gasteiger partial charge >= 0.3 is 0 Å². The zero-order valence-corrected chi connectivity index (χ0v) is 21.3. The number of hydrazine groups is 1. The molecule has 0 bridgehead atoms. The molecule has 176 valence electrons. The van der Waals surface area contributed by atoms with Crippen LogP contribution in [0.1, 0.15) is 62.0 Å². The number of nitrogens with zero attached hydrogens (tertiary/aromatic N) is 4. The van der Waals surface area contributed by atoms with Gasteiger partial charge in [-0.3, -0.25) is 19.8 Å². The lowest BCUT2D eigenvalue weighted by atomic mass is 9.93.